The van der Waals surface area contributed by atoms with E-state index < -0.39 is 0 Å². The van der Waals surface area contributed by atoms with E-state index in [4.69, 9.17) is 11.6 Å². The smallest absolute Gasteiger partial charge is 0.0702 e. The lowest BCUT2D eigenvalue weighted by Crippen LogP contribution is -2.00. The normalized spacial score (nSPS) is 11.2. The first-order chi connectivity index (χ1) is 10.1. The van der Waals surface area contributed by atoms with Gasteiger partial charge in [-0.25, -0.2) is 0 Å². The minimum Gasteiger partial charge on any atom is -0.392 e. The zero-order valence-corrected chi connectivity index (χ0v) is 13.0. The number of hydrogen-bond donors (Lipinski definition) is 1. The molecule has 3 heteroatoms. The zero-order chi connectivity index (χ0) is 15.0. The Balaban J connectivity index is 2.12. The van der Waals surface area contributed by atoms with Crippen LogP contribution >= 0.6 is 11.6 Å². The molecule has 0 aliphatic heterocycles. The molecule has 0 bridgehead atoms. The number of hydrogen-bond acceptors (Lipinski definition) is 1. The van der Waals surface area contributed by atoms with Gasteiger partial charge in [0.1, 0.15) is 0 Å². The fourth-order valence-electron chi connectivity index (χ4n) is 2.75. The predicted molar refractivity (Wildman–Crippen MR) is 87.9 cm³/mol. The van der Waals surface area contributed by atoms with Crippen LogP contribution < -0.4 is 0 Å². The Kier molecular flexibility index (Phi) is 3.75. The Bertz CT molecular complexity index is 804. The summed E-state index contributed by atoms with van der Waals surface area (Å²) in [6.07, 6.45) is 2.02. The van der Waals surface area contributed by atoms with Crippen LogP contribution in [0.4, 0.5) is 0 Å². The number of fused-ring (bicyclic) bond motifs is 1. The second kappa shape index (κ2) is 5.55. The van der Waals surface area contributed by atoms with Crippen LogP contribution in [0.15, 0.2) is 42.6 Å². The minimum absolute atomic E-state index is 0.0396. The molecule has 21 heavy (non-hydrogen) atoms. The van der Waals surface area contributed by atoms with Crippen molar-refractivity contribution in [2.75, 3.05) is 0 Å². The van der Waals surface area contributed by atoms with Crippen LogP contribution in [0.25, 0.3) is 10.9 Å². The van der Waals surface area contributed by atoms with Crippen molar-refractivity contribution in [2.24, 2.45) is 0 Å². The molecule has 0 atom stereocenters. The second-order valence-electron chi connectivity index (χ2n) is 5.53. The molecule has 0 saturated carbocycles. The third kappa shape index (κ3) is 2.69. The van der Waals surface area contributed by atoms with Crippen LogP contribution in [0.3, 0.4) is 0 Å². The molecule has 3 rings (SSSR count). The van der Waals surface area contributed by atoms with Gasteiger partial charge in [0.05, 0.1) is 12.1 Å². The molecule has 1 N–H and O–H groups in total. The Morgan fingerprint density at radius 2 is 1.86 bits per heavy atom. The van der Waals surface area contributed by atoms with Crippen molar-refractivity contribution < 1.29 is 5.11 Å². The minimum atomic E-state index is 0.0396. The van der Waals surface area contributed by atoms with Gasteiger partial charge in [-0.3, -0.25) is 0 Å². The maximum absolute atomic E-state index is 9.54. The lowest BCUT2D eigenvalue weighted by molar-refractivity contribution is 0.283. The quantitative estimate of drug-likeness (QED) is 0.759. The van der Waals surface area contributed by atoms with Crippen molar-refractivity contribution in [3.8, 4) is 0 Å². The lowest BCUT2D eigenvalue weighted by atomic mass is 10.1. The van der Waals surface area contributed by atoms with E-state index in [0.29, 0.717) is 5.02 Å². The summed E-state index contributed by atoms with van der Waals surface area (Å²) in [7, 11) is 0. The van der Waals surface area contributed by atoms with Gasteiger partial charge in [-0.15, -0.1) is 0 Å². The van der Waals surface area contributed by atoms with Crippen molar-refractivity contribution >= 4 is 22.5 Å². The van der Waals surface area contributed by atoms with Gasteiger partial charge in [-0.05, 0) is 37.1 Å². The summed E-state index contributed by atoms with van der Waals surface area (Å²) in [5, 5.41) is 11.3. The van der Waals surface area contributed by atoms with Crippen LogP contribution in [-0.2, 0) is 13.2 Å². The third-order valence-electron chi connectivity index (χ3n) is 3.94. The fourth-order valence-corrected chi connectivity index (χ4v) is 2.92. The number of aliphatic hydroxyl groups excluding tert-OH is 1. The third-order valence-corrected chi connectivity index (χ3v) is 4.18. The summed E-state index contributed by atoms with van der Waals surface area (Å²) in [6.45, 7) is 5.05. The summed E-state index contributed by atoms with van der Waals surface area (Å²) < 4.78 is 2.16. The van der Waals surface area contributed by atoms with Crippen molar-refractivity contribution in [1.29, 1.82) is 0 Å². The van der Waals surface area contributed by atoms with E-state index in [1.165, 1.54) is 16.7 Å². The van der Waals surface area contributed by atoms with E-state index in [1.54, 1.807) is 0 Å². The highest BCUT2D eigenvalue weighted by atomic mass is 35.5. The largest absolute Gasteiger partial charge is 0.392 e. The van der Waals surface area contributed by atoms with Crippen LogP contribution in [0.5, 0.6) is 0 Å². The van der Waals surface area contributed by atoms with Crippen molar-refractivity contribution in [3.05, 3.63) is 69.9 Å². The Morgan fingerprint density at radius 1 is 1.05 bits per heavy atom. The van der Waals surface area contributed by atoms with E-state index in [1.807, 2.05) is 24.4 Å². The molecular weight excluding hydrogens is 282 g/mol. The van der Waals surface area contributed by atoms with Gasteiger partial charge >= 0.3 is 0 Å². The molecule has 0 fully saturated rings. The maximum Gasteiger partial charge on any atom is 0.0702 e. The molecule has 2 nitrogen and oxygen atoms in total. The molecule has 0 radical (unpaired) electrons. The van der Waals surface area contributed by atoms with E-state index in [-0.39, 0.29) is 6.61 Å². The molecule has 0 amide bonds. The number of nitrogens with zero attached hydrogens (tertiary/aromatic N) is 1. The standard InChI is InChI=1S/C18H18ClNO/c1-12-3-4-13(2)14(7-12)9-20-10-15(11-21)17-6-5-16(19)8-18(17)20/h3-8,10,21H,9,11H2,1-2H3. The van der Waals surface area contributed by atoms with E-state index in [9.17, 15) is 5.11 Å². The highest BCUT2D eigenvalue weighted by molar-refractivity contribution is 6.31. The van der Waals surface area contributed by atoms with Gasteiger partial charge in [0.15, 0.2) is 0 Å². The highest BCUT2D eigenvalue weighted by Crippen LogP contribution is 2.26. The van der Waals surface area contributed by atoms with E-state index >= 15 is 0 Å². The molecule has 108 valence electrons. The molecular formula is C18H18ClNO. The number of aryl methyl sites for hydroxylation is 2. The summed E-state index contributed by atoms with van der Waals surface area (Å²) in [5.74, 6) is 0. The van der Waals surface area contributed by atoms with Gasteiger partial charge in [-0.1, -0.05) is 41.4 Å². The molecule has 0 aliphatic carbocycles. The molecule has 3 aromatic rings. The van der Waals surface area contributed by atoms with Crippen molar-refractivity contribution in [1.82, 2.24) is 4.57 Å². The highest BCUT2D eigenvalue weighted by Gasteiger charge is 2.10. The molecule has 0 aliphatic rings. The number of rotatable bonds is 3. The first-order valence-electron chi connectivity index (χ1n) is 7.03. The molecule has 1 aromatic heterocycles. The first-order valence-corrected chi connectivity index (χ1v) is 7.40. The van der Waals surface area contributed by atoms with Gasteiger partial charge in [0.2, 0.25) is 0 Å². The van der Waals surface area contributed by atoms with Crippen molar-refractivity contribution in [2.45, 2.75) is 27.0 Å². The first kappa shape index (κ1) is 14.2. The van der Waals surface area contributed by atoms with Crippen LogP contribution in [-0.4, -0.2) is 9.67 Å². The van der Waals surface area contributed by atoms with Gasteiger partial charge in [-0.2, -0.15) is 0 Å². The molecule has 0 saturated heterocycles. The van der Waals surface area contributed by atoms with Gasteiger partial charge < -0.3 is 9.67 Å². The zero-order valence-electron chi connectivity index (χ0n) is 12.2. The summed E-state index contributed by atoms with van der Waals surface area (Å²) in [4.78, 5) is 0. The number of aliphatic hydroxyl groups is 1. The number of benzene rings is 2. The number of aromatic nitrogens is 1. The number of halogens is 1. The van der Waals surface area contributed by atoms with Crippen LogP contribution in [0.2, 0.25) is 5.02 Å². The predicted octanol–water partition coefficient (Wildman–Crippen LogP) is 4.45. The molecule has 0 spiro atoms. The van der Waals surface area contributed by atoms with Gasteiger partial charge in [0.25, 0.3) is 0 Å². The summed E-state index contributed by atoms with van der Waals surface area (Å²) >= 11 is 6.13. The molecule has 0 unspecified atom stereocenters. The maximum atomic E-state index is 9.54. The molecule has 1 heterocycles. The average Bonchev–Trinajstić information content (AvgIpc) is 2.80. The summed E-state index contributed by atoms with van der Waals surface area (Å²) in [5.41, 5.74) is 5.82. The van der Waals surface area contributed by atoms with Crippen LogP contribution in [0, 0.1) is 13.8 Å². The topological polar surface area (TPSA) is 25.2 Å². The Morgan fingerprint density at radius 3 is 2.62 bits per heavy atom. The lowest BCUT2D eigenvalue weighted by Gasteiger charge is -2.10. The summed E-state index contributed by atoms with van der Waals surface area (Å²) in [6, 6.07) is 12.3. The average molecular weight is 300 g/mol. The van der Waals surface area contributed by atoms with E-state index in [0.717, 1.165) is 23.0 Å². The molecule has 2 aromatic carbocycles. The monoisotopic (exact) mass is 299 g/mol. The van der Waals surface area contributed by atoms with Crippen LogP contribution in [0.1, 0.15) is 22.3 Å². The Labute approximate surface area is 129 Å². The SMILES string of the molecule is Cc1ccc(C)c(Cn2cc(CO)c3ccc(Cl)cc32)c1. The second-order valence-corrected chi connectivity index (χ2v) is 5.97. The van der Waals surface area contributed by atoms with Crippen molar-refractivity contribution in [3.63, 3.8) is 0 Å². The van der Waals surface area contributed by atoms with Gasteiger partial charge in [0, 0.05) is 28.7 Å². The Hall–Kier alpha value is -1.77. The fraction of sp³-hybridized carbons (Fsp3) is 0.222. The van der Waals surface area contributed by atoms with E-state index in [2.05, 4.69) is 36.6 Å².